The fourth-order valence-corrected chi connectivity index (χ4v) is 1.73. The van der Waals surface area contributed by atoms with Gasteiger partial charge in [0.25, 0.3) is 0 Å². The zero-order valence-electron chi connectivity index (χ0n) is 10.3. The lowest BCUT2D eigenvalue weighted by Gasteiger charge is -2.28. The number of nitrogens with one attached hydrogen (secondary N) is 2. The molecule has 0 spiro atoms. The first kappa shape index (κ1) is 12.5. The Kier molecular flexibility index (Phi) is 4.58. The highest BCUT2D eigenvalue weighted by atomic mass is 16.2. The lowest BCUT2D eigenvalue weighted by molar-refractivity contribution is -0.126. The van der Waals surface area contributed by atoms with Crippen LogP contribution < -0.4 is 10.6 Å². The first-order valence-electron chi connectivity index (χ1n) is 6.04. The topological polar surface area (TPSA) is 41.1 Å². The molecule has 0 saturated carbocycles. The zero-order chi connectivity index (χ0) is 11.4. The highest BCUT2D eigenvalue weighted by molar-refractivity contribution is 5.79. The van der Waals surface area contributed by atoms with E-state index in [2.05, 4.69) is 38.3 Å². The van der Waals surface area contributed by atoms with Gasteiger partial charge in [0.05, 0.1) is 5.92 Å². The number of carbonyl (C=O) groups is 1. The third-order valence-corrected chi connectivity index (χ3v) is 3.40. The summed E-state index contributed by atoms with van der Waals surface area (Å²) in [5.74, 6) is 0.891. The van der Waals surface area contributed by atoms with E-state index in [1.807, 2.05) is 0 Å². The van der Waals surface area contributed by atoms with Crippen LogP contribution in [0.3, 0.4) is 0 Å². The summed E-state index contributed by atoms with van der Waals surface area (Å²) in [4.78, 5) is 11.9. The molecule has 1 fully saturated rings. The van der Waals surface area contributed by atoms with Crippen molar-refractivity contribution in [1.29, 1.82) is 0 Å². The maximum absolute atomic E-state index is 11.9. The summed E-state index contributed by atoms with van der Waals surface area (Å²) in [6.07, 6.45) is 2.12. The molecule has 0 aromatic rings. The summed E-state index contributed by atoms with van der Waals surface area (Å²) in [6, 6.07) is 0.841. The predicted molar refractivity (Wildman–Crippen MR) is 62.6 cm³/mol. The van der Waals surface area contributed by atoms with Crippen molar-refractivity contribution < 1.29 is 4.79 Å². The molecule has 1 aliphatic heterocycles. The van der Waals surface area contributed by atoms with Gasteiger partial charge in [-0.15, -0.1) is 0 Å². The van der Waals surface area contributed by atoms with Gasteiger partial charge in [-0.05, 0) is 32.6 Å². The van der Waals surface area contributed by atoms with Gasteiger partial charge < -0.3 is 10.6 Å². The van der Waals surface area contributed by atoms with Crippen molar-refractivity contribution in [2.75, 3.05) is 6.54 Å². The quantitative estimate of drug-likeness (QED) is 0.745. The van der Waals surface area contributed by atoms with Crippen LogP contribution in [0.5, 0.6) is 0 Å². The van der Waals surface area contributed by atoms with Crippen LogP contribution in [0.1, 0.15) is 40.5 Å². The van der Waals surface area contributed by atoms with Gasteiger partial charge >= 0.3 is 0 Å². The summed E-state index contributed by atoms with van der Waals surface area (Å²) in [5.41, 5.74) is 0. The lowest BCUT2D eigenvalue weighted by Crippen LogP contribution is -2.47. The van der Waals surface area contributed by atoms with E-state index in [9.17, 15) is 4.79 Å². The van der Waals surface area contributed by atoms with E-state index in [0.717, 1.165) is 19.4 Å². The van der Waals surface area contributed by atoms with Crippen molar-refractivity contribution in [3.05, 3.63) is 0 Å². The van der Waals surface area contributed by atoms with Crippen molar-refractivity contribution in [2.45, 2.75) is 52.6 Å². The Morgan fingerprint density at radius 2 is 2.00 bits per heavy atom. The van der Waals surface area contributed by atoms with Gasteiger partial charge in [0.2, 0.25) is 5.91 Å². The average Bonchev–Trinajstić information content (AvgIpc) is 2.18. The summed E-state index contributed by atoms with van der Waals surface area (Å²) >= 11 is 0. The smallest absolute Gasteiger partial charge is 0.224 e. The highest BCUT2D eigenvalue weighted by Crippen LogP contribution is 2.14. The van der Waals surface area contributed by atoms with Crippen LogP contribution in [-0.2, 0) is 4.79 Å². The molecule has 1 rings (SSSR count). The second-order valence-electron chi connectivity index (χ2n) is 5.12. The Hall–Kier alpha value is -0.570. The Morgan fingerprint density at radius 3 is 2.47 bits per heavy atom. The molecule has 3 atom stereocenters. The summed E-state index contributed by atoms with van der Waals surface area (Å²) < 4.78 is 0. The largest absolute Gasteiger partial charge is 0.353 e. The molecule has 88 valence electrons. The molecule has 1 aliphatic rings. The Morgan fingerprint density at radius 1 is 1.33 bits per heavy atom. The third-order valence-electron chi connectivity index (χ3n) is 3.40. The molecule has 0 aromatic heterocycles. The molecular weight excluding hydrogens is 188 g/mol. The van der Waals surface area contributed by atoms with Gasteiger partial charge in [-0.1, -0.05) is 13.8 Å². The lowest BCUT2D eigenvalue weighted by atomic mass is 9.94. The molecule has 3 unspecified atom stereocenters. The average molecular weight is 212 g/mol. The fraction of sp³-hybridized carbons (Fsp3) is 0.917. The van der Waals surface area contributed by atoms with E-state index in [0.29, 0.717) is 12.0 Å². The summed E-state index contributed by atoms with van der Waals surface area (Å²) in [5, 5.41) is 6.44. The third kappa shape index (κ3) is 3.82. The summed E-state index contributed by atoms with van der Waals surface area (Å²) in [6.45, 7) is 9.34. The molecule has 0 bridgehead atoms. The molecule has 0 aromatic carbocycles. The van der Waals surface area contributed by atoms with Gasteiger partial charge in [0.15, 0.2) is 0 Å². The van der Waals surface area contributed by atoms with E-state index in [1.165, 1.54) is 0 Å². The molecule has 3 heteroatoms. The first-order valence-corrected chi connectivity index (χ1v) is 6.04. The van der Waals surface area contributed by atoms with E-state index in [-0.39, 0.29) is 17.9 Å². The Bertz CT molecular complexity index is 208. The zero-order valence-corrected chi connectivity index (χ0v) is 10.3. The molecule has 2 N–H and O–H groups in total. The van der Waals surface area contributed by atoms with E-state index in [4.69, 9.17) is 0 Å². The molecule has 15 heavy (non-hydrogen) atoms. The fourth-order valence-electron chi connectivity index (χ4n) is 1.73. The maximum Gasteiger partial charge on any atom is 0.224 e. The van der Waals surface area contributed by atoms with Crippen molar-refractivity contribution in [2.24, 2.45) is 11.8 Å². The van der Waals surface area contributed by atoms with Gasteiger partial charge in [-0.3, -0.25) is 4.79 Å². The molecule has 3 nitrogen and oxygen atoms in total. The highest BCUT2D eigenvalue weighted by Gasteiger charge is 2.24. The summed E-state index contributed by atoms with van der Waals surface area (Å²) in [7, 11) is 0. The van der Waals surface area contributed by atoms with E-state index >= 15 is 0 Å². The van der Waals surface area contributed by atoms with Gasteiger partial charge in [0, 0.05) is 18.6 Å². The van der Waals surface area contributed by atoms with Crippen molar-refractivity contribution in [1.82, 2.24) is 10.6 Å². The number of piperidine rings is 1. The molecule has 0 radical (unpaired) electrons. The van der Waals surface area contributed by atoms with Crippen LogP contribution >= 0.6 is 0 Å². The van der Waals surface area contributed by atoms with Crippen LogP contribution in [0.15, 0.2) is 0 Å². The molecule has 1 saturated heterocycles. The van der Waals surface area contributed by atoms with Crippen LogP contribution in [0.25, 0.3) is 0 Å². The maximum atomic E-state index is 11.9. The number of amides is 1. The SMILES string of the molecule is CC1CCC(C(=O)NC(C)C(C)C)CN1. The van der Waals surface area contributed by atoms with E-state index in [1.54, 1.807) is 0 Å². The van der Waals surface area contributed by atoms with Crippen LogP contribution in [0, 0.1) is 11.8 Å². The van der Waals surface area contributed by atoms with Gasteiger partial charge in [-0.25, -0.2) is 0 Å². The molecular formula is C12H24N2O. The minimum atomic E-state index is 0.169. The second kappa shape index (κ2) is 5.50. The number of hydrogen-bond acceptors (Lipinski definition) is 2. The standard InChI is InChI=1S/C12H24N2O/c1-8(2)10(4)14-12(15)11-6-5-9(3)13-7-11/h8-11,13H,5-7H2,1-4H3,(H,14,15). The number of rotatable bonds is 3. The van der Waals surface area contributed by atoms with Crippen molar-refractivity contribution in [3.63, 3.8) is 0 Å². The number of carbonyl (C=O) groups excluding carboxylic acids is 1. The predicted octanol–water partition coefficient (Wildman–Crippen LogP) is 1.54. The Balaban J connectivity index is 2.34. The monoisotopic (exact) mass is 212 g/mol. The van der Waals surface area contributed by atoms with Crippen molar-refractivity contribution in [3.8, 4) is 0 Å². The Labute approximate surface area is 93.0 Å². The second-order valence-corrected chi connectivity index (χ2v) is 5.12. The van der Waals surface area contributed by atoms with Crippen LogP contribution in [0.4, 0.5) is 0 Å². The molecule has 0 aliphatic carbocycles. The van der Waals surface area contributed by atoms with Gasteiger partial charge in [-0.2, -0.15) is 0 Å². The minimum Gasteiger partial charge on any atom is -0.353 e. The number of hydrogen-bond donors (Lipinski definition) is 2. The van der Waals surface area contributed by atoms with E-state index < -0.39 is 0 Å². The normalized spacial score (nSPS) is 28.9. The molecule has 1 heterocycles. The van der Waals surface area contributed by atoms with Crippen molar-refractivity contribution >= 4 is 5.91 Å². The molecule has 1 amide bonds. The van der Waals surface area contributed by atoms with Gasteiger partial charge in [0.1, 0.15) is 0 Å². The minimum absolute atomic E-state index is 0.169. The van der Waals surface area contributed by atoms with Crippen LogP contribution in [-0.4, -0.2) is 24.5 Å². The first-order chi connectivity index (χ1) is 7.00. The van der Waals surface area contributed by atoms with Crippen LogP contribution in [0.2, 0.25) is 0 Å².